The van der Waals surface area contributed by atoms with Crippen LogP contribution in [0.5, 0.6) is 5.75 Å². The minimum Gasteiger partial charge on any atom is -0.497 e. The number of benzene rings is 2. The van der Waals surface area contributed by atoms with E-state index in [1.54, 1.807) is 7.11 Å². The van der Waals surface area contributed by atoms with Crippen LogP contribution in [0.2, 0.25) is 5.02 Å². The lowest BCUT2D eigenvalue weighted by atomic mass is 10.2. The Bertz CT molecular complexity index is 587. The number of methoxy groups -OCH3 is 1. The van der Waals surface area contributed by atoms with Crippen molar-refractivity contribution in [2.45, 2.75) is 6.54 Å². The van der Waals surface area contributed by atoms with E-state index in [1.807, 2.05) is 48.5 Å². The minimum atomic E-state index is 0.565. The summed E-state index contributed by atoms with van der Waals surface area (Å²) in [6, 6.07) is 15.2. The predicted octanol–water partition coefficient (Wildman–Crippen LogP) is 3.84. The highest BCUT2D eigenvalue weighted by Gasteiger charge is 1.99. The van der Waals surface area contributed by atoms with Crippen molar-refractivity contribution >= 4 is 34.6 Å². The van der Waals surface area contributed by atoms with E-state index in [4.69, 9.17) is 28.6 Å². The number of ether oxygens (including phenoxy) is 1. The molecule has 3 nitrogen and oxygen atoms in total. The summed E-state index contributed by atoms with van der Waals surface area (Å²) in [5, 5.41) is 7.51. The summed E-state index contributed by atoms with van der Waals surface area (Å²) in [5.74, 6) is 0.834. The Kier molecular flexibility index (Phi) is 5.21. The van der Waals surface area contributed by atoms with Crippen LogP contribution >= 0.6 is 23.8 Å². The third kappa shape index (κ3) is 4.40. The first-order valence-corrected chi connectivity index (χ1v) is 6.89. The molecule has 0 bridgehead atoms. The maximum absolute atomic E-state index is 5.83. The molecular weight excluding hydrogens is 292 g/mol. The van der Waals surface area contributed by atoms with Gasteiger partial charge < -0.3 is 15.4 Å². The van der Waals surface area contributed by atoms with Crippen molar-refractivity contribution in [3.05, 3.63) is 59.1 Å². The van der Waals surface area contributed by atoms with Gasteiger partial charge in [0.05, 0.1) is 7.11 Å². The third-order valence-corrected chi connectivity index (χ3v) is 3.19. The van der Waals surface area contributed by atoms with Crippen molar-refractivity contribution in [2.24, 2.45) is 0 Å². The molecule has 0 radical (unpaired) electrons. The minimum absolute atomic E-state index is 0.565. The fraction of sp³-hybridized carbons (Fsp3) is 0.133. The Balaban J connectivity index is 1.87. The molecule has 0 aromatic heterocycles. The van der Waals surface area contributed by atoms with Crippen molar-refractivity contribution in [3.63, 3.8) is 0 Å². The molecule has 20 heavy (non-hydrogen) atoms. The van der Waals surface area contributed by atoms with Crippen LogP contribution in [0, 0.1) is 0 Å². The van der Waals surface area contributed by atoms with E-state index < -0.39 is 0 Å². The van der Waals surface area contributed by atoms with Gasteiger partial charge in [0, 0.05) is 17.3 Å². The molecule has 0 saturated carbocycles. The van der Waals surface area contributed by atoms with E-state index in [0.29, 0.717) is 16.7 Å². The van der Waals surface area contributed by atoms with Gasteiger partial charge in [-0.25, -0.2) is 0 Å². The lowest BCUT2D eigenvalue weighted by molar-refractivity contribution is 0.414. The standard InChI is InChI=1S/C15H15ClN2OS/c1-19-14-4-2-3-11(9-14)10-17-15(20)18-13-7-5-12(16)6-8-13/h2-9H,10H2,1H3,(H2,17,18,20). The van der Waals surface area contributed by atoms with E-state index in [1.165, 1.54) is 0 Å². The van der Waals surface area contributed by atoms with E-state index in [9.17, 15) is 0 Å². The van der Waals surface area contributed by atoms with Crippen molar-refractivity contribution < 1.29 is 4.74 Å². The zero-order valence-corrected chi connectivity index (χ0v) is 12.6. The topological polar surface area (TPSA) is 33.3 Å². The van der Waals surface area contributed by atoms with Crippen LogP contribution in [-0.4, -0.2) is 12.2 Å². The first-order chi connectivity index (χ1) is 9.67. The molecule has 104 valence electrons. The number of hydrogen-bond donors (Lipinski definition) is 2. The molecule has 5 heteroatoms. The summed E-state index contributed by atoms with van der Waals surface area (Å²) >= 11 is 11.1. The highest BCUT2D eigenvalue weighted by atomic mass is 35.5. The van der Waals surface area contributed by atoms with Gasteiger partial charge in [0.1, 0.15) is 5.75 Å². The highest BCUT2D eigenvalue weighted by molar-refractivity contribution is 7.80. The molecule has 2 aromatic rings. The van der Waals surface area contributed by atoms with Crippen LogP contribution in [-0.2, 0) is 6.54 Å². The molecule has 0 saturated heterocycles. The summed E-state index contributed by atoms with van der Waals surface area (Å²) in [4.78, 5) is 0. The number of thiocarbonyl (C=S) groups is 1. The van der Waals surface area contributed by atoms with Gasteiger partial charge in [0.15, 0.2) is 5.11 Å². The van der Waals surface area contributed by atoms with Crippen molar-refractivity contribution in [2.75, 3.05) is 12.4 Å². The van der Waals surface area contributed by atoms with E-state index >= 15 is 0 Å². The van der Waals surface area contributed by atoms with Crippen molar-refractivity contribution in [3.8, 4) is 5.75 Å². The zero-order valence-electron chi connectivity index (χ0n) is 11.0. The Morgan fingerprint density at radius 2 is 1.95 bits per heavy atom. The molecule has 0 unspecified atom stereocenters. The fourth-order valence-electron chi connectivity index (χ4n) is 1.67. The molecular formula is C15H15ClN2OS. The molecule has 0 atom stereocenters. The molecule has 0 aliphatic rings. The summed E-state index contributed by atoms with van der Waals surface area (Å²) in [7, 11) is 1.65. The first kappa shape index (κ1) is 14.6. The molecule has 0 fully saturated rings. The maximum atomic E-state index is 5.83. The van der Waals surface area contributed by atoms with E-state index in [0.717, 1.165) is 17.0 Å². The summed E-state index contributed by atoms with van der Waals surface area (Å²) in [6.07, 6.45) is 0. The number of nitrogens with one attached hydrogen (secondary N) is 2. The van der Waals surface area contributed by atoms with Crippen LogP contribution in [0.3, 0.4) is 0 Å². The predicted molar refractivity (Wildman–Crippen MR) is 87.5 cm³/mol. The second kappa shape index (κ2) is 7.12. The lowest BCUT2D eigenvalue weighted by Crippen LogP contribution is -2.27. The average molecular weight is 307 g/mol. The number of halogens is 1. The molecule has 0 heterocycles. The van der Waals surface area contributed by atoms with Crippen LogP contribution < -0.4 is 15.4 Å². The first-order valence-electron chi connectivity index (χ1n) is 6.11. The number of hydrogen-bond acceptors (Lipinski definition) is 2. The van der Waals surface area contributed by atoms with E-state index in [-0.39, 0.29) is 0 Å². The van der Waals surface area contributed by atoms with E-state index in [2.05, 4.69) is 10.6 Å². The van der Waals surface area contributed by atoms with Crippen LogP contribution in [0.25, 0.3) is 0 Å². The monoisotopic (exact) mass is 306 g/mol. The molecule has 0 spiro atoms. The van der Waals surface area contributed by atoms with Crippen LogP contribution in [0.15, 0.2) is 48.5 Å². The largest absolute Gasteiger partial charge is 0.497 e. The lowest BCUT2D eigenvalue weighted by Gasteiger charge is -2.11. The van der Waals surface area contributed by atoms with Gasteiger partial charge in [0.2, 0.25) is 0 Å². The highest BCUT2D eigenvalue weighted by Crippen LogP contribution is 2.14. The van der Waals surface area contributed by atoms with Gasteiger partial charge in [-0.2, -0.15) is 0 Å². The number of rotatable bonds is 4. The maximum Gasteiger partial charge on any atom is 0.171 e. The second-order valence-corrected chi connectivity index (χ2v) is 5.01. The van der Waals surface area contributed by atoms with Gasteiger partial charge in [-0.3, -0.25) is 0 Å². The Labute approximate surface area is 128 Å². The summed E-state index contributed by atoms with van der Waals surface area (Å²) in [5.41, 5.74) is 2.00. The van der Waals surface area contributed by atoms with Crippen LogP contribution in [0.4, 0.5) is 5.69 Å². The second-order valence-electron chi connectivity index (χ2n) is 4.17. The van der Waals surface area contributed by atoms with Crippen LogP contribution in [0.1, 0.15) is 5.56 Å². The molecule has 0 aliphatic heterocycles. The average Bonchev–Trinajstić information content (AvgIpc) is 2.48. The van der Waals surface area contributed by atoms with Gasteiger partial charge in [0.25, 0.3) is 0 Å². The summed E-state index contributed by atoms with van der Waals surface area (Å²) < 4.78 is 5.18. The summed E-state index contributed by atoms with van der Waals surface area (Å²) in [6.45, 7) is 0.636. The molecule has 0 amide bonds. The molecule has 2 rings (SSSR count). The third-order valence-electron chi connectivity index (χ3n) is 2.69. The van der Waals surface area contributed by atoms with Gasteiger partial charge in [-0.1, -0.05) is 23.7 Å². The van der Waals surface area contributed by atoms with Gasteiger partial charge >= 0.3 is 0 Å². The SMILES string of the molecule is COc1cccc(CNC(=S)Nc2ccc(Cl)cc2)c1. The Morgan fingerprint density at radius 1 is 1.20 bits per heavy atom. The van der Waals surface area contributed by atoms with Gasteiger partial charge in [-0.05, 0) is 54.2 Å². The van der Waals surface area contributed by atoms with Crippen molar-refractivity contribution in [1.82, 2.24) is 5.32 Å². The smallest absolute Gasteiger partial charge is 0.171 e. The normalized spacial score (nSPS) is 9.90. The molecule has 2 N–H and O–H groups in total. The quantitative estimate of drug-likeness (QED) is 0.841. The molecule has 0 aliphatic carbocycles. The Morgan fingerprint density at radius 3 is 2.65 bits per heavy atom. The Hall–Kier alpha value is -1.78. The zero-order chi connectivity index (χ0) is 14.4. The molecule has 2 aromatic carbocycles. The van der Waals surface area contributed by atoms with Crippen molar-refractivity contribution in [1.29, 1.82) is 0 Å². The number of anilines is 1. The fourth-order valence-corrected chi connectivity index (χ4v) is 1.99. The van der Waals surface area contributed by atoms with Gasteiger partial charge in [-0.15, -0.1) is 0 Å².